The van der Waals surface area contributed by atoms with Crippen LogP contribution in [0.5, 0.6) is 0 Å². The Labute approximate surface area is 205 Å². The van der Waals surface area contributed by atoms with Gasteiger partial charge in [0.2, 0.25) is 5.91 Å². The van der Waals surface area contributed by atoms with Gasteiger partial charge in [-0.2, -0.15) is 0 Å². The summed E-state index contributed by atoms with van der Waals surface area (Å²) in [4.78, 5) is 41.1. The molecule has 2 N–H and O–H groups in total. The monoisotopic (exact) mass is 479 g/mol. The maximum absolute atomic E-state index is 13.2. The van der Waals surface area contributed by atoms with E-state index >= 15 is 0 Å². The van der Waals surface area contributed by atoms with E-state index in [1.165, 1.54) is 0 Å². The van der Waals surface area contributed by atoms with Gasteiger partial charge in [-0.05, 0) is 41.6 Å². The predicted molar refractivity (Wildman–Crippen MR) is 132 cm³/mol. The van der Waals surface area contributed by atoms with E-state index in [0.29, 0.717) is 0 Å². The normalized spacial score (nSPS) is 17.9. The first-order chi connectivity index (χ1) is 16.9. The Bertz CT molecular complexity index is 1040. The van der Waals surface area contributed by atoms with Crippen LogP contribution in [0.3, 0.4) is 0 Å². The van der Waals surface area contributed by atoms with Gasteiger partial charge < -0.3 is 25.0 Å². The second-order valence-corrected chi connectivity index (χ2v) is 9.24. The summed E-state index contributed by atoms with van der Waals surface area (Å²) < 4.78 is 5.59. The number of carboxylic acids is 1. The van der Waals surface area contributed by atoms with E-state index in [0.717, 1.165) is 48.3 Å². The first kappa shape index (κ1) is 24.7. The Morgan fingerprint density at radius 2 is 1.74 bits per heavy atom. The van der Waals surface area contributed by atoms with Gasteiger partial charge in [-0.25, -0.2) is 4.79 Å². The van der Waals surface area contributed by atoms with Crippen LogP contribution in [0.4, 0.5) is 4.79 Å². The van der Waals surface area contributed by atoms with E-state index < -0.39 is 18.1 Å². The highest BCUT2D eigenvalue weighted by atomic mass is 16.5. The second-order valence-electron chi connectivity index (χ2n) is 9.24. The van der Waals surface area contributed by atoms with Gasteiger partial charge in [-0.3, -0.25) is 9.59 Å². The minimum atomic E-state index is -1.02. The molecule has 0 spiro atoms. The molecule has 4 rings (SSSR count). The van der Waals surface area contributed by atoms with Crippen LogP contribution >= 0.6 is 0 Å². The highest BCUT2D eigenvalue weighted by molar-refractivity contribution is 5.86. The van der Waals surface area contributed by atoms with E-state index in [2.05, 4.69) is 29.3 Å². The second kappa shape index (κ2) is 10.9. The van der Waals surface area contributed by atoms with Gasteiger partial charge in [0, 0.05) is 38.5 Å². The molecule has 1 aliphatic carbocycles. The third-order valence-corrected chi connectivity index (χ3v) is 7.17. The van der Waals surface area contributed by atoms with Gasteiger partial charge >= 0.3 is 12.1 Å². The molecule has 1 aliphatic heterocycles. The van der Waals surface area contributed by atoms with Gasteiger partial charge in [0.15, 0.2) is 0 Å². The highest BCUT2D eigenvalue weighted by Crippen LogP contribution is 2.44. The number of alkyl carbamates (subject to hydrolysis) is 1. The maximum Gasteiger partial charge on any atom is 0.407 e. The molecule has 2 atom stereocenters. The van der Waals surface area contributed by atoms with Crippen molar-refractivity contribution in [3.05, 3.63) is 59.7 Å². The fraction of sp³-hybridized carbons (Fsp3) is 0.444. The number of fused-ring (bicyclic) bond motifs is 3. The van der Waals surface area contributed by atoms with Crippen molar-refractivity contribution in [3.8, 4) is 11.1 Å². The van der Waals surface area contributed by atoms with Gasteiger partial charge in [-0.1, -0.05) is 55.5 Å². The Hall–Kier alpha value is -3.39. The van der Waals surface area contributed by atoms with Crippen molar-refractivity contribution in [1.29, 1.82) is 0 Å². The number of nitrogens with one attached hydrogen (secondary N) is 1. The van der Waals surface area contributed by atoms with Crippen molar-refractivity contribution in [3.63, 3.8) is 0 Å². The van der Waals surface area contributed by atoms with Crippen LogP contribution in [0.25, 0.3) is 11.1 Å². The zero-order valence-electron chi connectivity index (χ0n) is 20.3. The summed E-state index contributed by atoms with van der Waals surface area (Å²) in [5.41, 5.74) is 4.46. The molecule has 186 valence electrons. The van der Waals surface area contributed by atoms with Crippen LogP contribution < -0.4 is 5.32 Å². The minimum absolute atomic E-state index is 0.00686. The van der Waals surface area contributed by atoms with Gasteiger partial charge in [0.05, 0.1) is 0 Å². The average Bonchev–Trinajstić information content (AvgIpc) is 3.47. The third kappa shape index (κ3) is 5.48. The molecule has 1 heterocycles. The Balaban J connectivity index is 1.41. The average molecular weight is 480 g/mol. The molecule has 2 aromatic rings. The highest BCUT2D eigenvalue weighted by Gasteiger charge is 2.33. The van der Waals surface area contributed by atoms with E-state index in [1.54, 1.807) is 11.9 Å². The quantitative estimate of drug-likeness (QED) is 0.573. The van der Waals surface area contributed by atoms with Crippen LogP contribution in [0.2, 0.25) is 0 Å². The predicted octanol–water partition coefficient (Wildman–Crippen LogP) is 3.31. The van der Waals surface area contributed by atoms with Crippen molar-refractivity contribution in [2.75, 3.05) is 33.3 Å². The Kier molecular flexibility index (Phi) is 7.70. The lowest BCUT2D eigenvalue weighted by Gasteiger charge is -2.29. The number of nitrogens with zero attached hydrogens (tertiary/aromatic N) is 2. The SMILES string of the molecule is CCN1CCC(N(C)C(=O)C(CCC(=O)O)NC(=O)OCC2c3ccccc3-c3ccccc32)C1. The summed E-state index contributed by atoms with van der Waals surface area (Å²) in [6, 6.07) is 15.2. The minimum Gasteiger partial charge on any atom is -0.481 e. The first-order valence-electron chi connectivity index (χ1n) is 12.2. The lowest BCUT2D eigenvalue weighted by atomic mass is 9.98. The fourth-order valence-electron chi connectivity index (χ4n) is 5.15. The lowest BCUT2D eigenvalue weighted by molar-refractivity contribution is -0.138. The molecule has 2 unspecified atom stereocenters. The Morgan fingerprint density at radius 1 is 1.11 bits per heavy atom. The van der Waals surface area contributed by atoms with Crippen molar-refractivity contribution in [2.24, 2.45) is 0 Å². The lowest BCUT2D eigenvalue weighted by Crippen LogP contribution is -2.51. The van der Waals surface area contributed by atoms with E-state index in [9.17, 15) is 14.4 Å². The molecular formula is C27H33N3O5. The van der Waals surface area contributed by atoms with Crippen molar-refractivity contribution >= 4 is 18.0 Å². The summed E-state index contributed by atoms with van der Waals surface area (Å²) in [7, 11) is 1.72. The smallest absolute Gasteiger partial charge is 0.407 e. The van der Waals surface area contributed by atoms with Crippen LogP contribution in [-0.2, 0) is 14.3 Å². The number of carbonyl (C=O) groups is 3. The summed E-state index contributed by atoms with van der Waals surface area (Å²) in [5, 5.41) is 11.8. The van der Waals surface area contributed by atoms with Gasteiger partial charge in [0.25, 0.3) is 0 Å². The zero-order valence-corrected chi connectivity index (χ0v) is 20.3. The zero-order chi connectivity index (χ0) is 24.9. The summed E-state index contributed by atoms with van der Waals surface area (Å²) in [6.45, 7) is 4.81. The summed E-state index contributed by atoms with van der Waals surface area (Å²) in [5.74, 6) is -1.40. The maximum atomic E-state index is 13.2. The molecular weight excluding hydrogens is 446 g/mol. The molecule has 1 fully saturated rings. The number of ether oxygens (including phenoxy) is 1. The molecule has 0 radical (unpaired) electrons. The number of likely N-dealkylation sites (N-methyl/N-ethyl adjacent to an activating group) is 2. The molecule has 35 heavy (non-hydrogen) atoms. The van der Waals surface area contributed by atoms with E-state index in [-0.39, 0.29) is 37.3 Å². The molecule has 0 aromatic heterocycles. The molecule has 2 aliphatic rings. The number of aliphatic carboxylic acids is 1. The molecule has 8 nitrogen and oxygen atoms in total. The molecule has 0 saturated carbocycles. The molecule has 2 amide bonds. The molecule has 8 heteroatoms. The number of carboxylic acid groups (broad SMARTS) is 1. The molecule has 0 bridgehead atoms. The molecule has 2 aromatic carbocycles. The standard InChI is InChI=1S/C27H33N3O5/c1-3-30-15-14-18(16-30)29(2)26(33)24(12-13-25(31)32)28-27(34)35-17-23-21-10-6-4-8-19(21)20-9-5-7-11-22(20)23/h4-11,18,23-24H,3,12-17H2,1-2H3,(H,28,34)(H,31,32). The topological polar surface area (TPSA) is 99.2 Å². The van der Waals surface area contributed by atoms with Crippen molar-refractivity contribution < 1.29 is 24.2 Å². The largest absolute Gasteiger partial charge is 0.481 e. The summed E-state index contributed by atoms with van der Waals surface area (Å²) >= 11 is 0. The number of benzene rings is 2. The number of carbonyl (C=O) groups excluding carboxylic acids is 2. The van der Waals surface area contributed by atoms with E-state index in [4.69, 9.17) is 9.84 Å². The molecule has 1 saturated heterocycles. The van der Waals surface area contributed by atoms with Crippen LogP contribution in [0.15, 0.2) is 48.5 Å². The number of rotatable bonds is 9. The van der Waals surface area contributed by atoms with Gasteiger partial charge in [0.1, 0.15) is 12.6 Å². The number of hydrogen-bond donors (Lipinski definition) is 2. The fourth-order valence-corrected chi connectivity index (χ4v) is 5.15. The number of likely N-dealkylation sites (tertiary alicyclic amines) is 1. The van der Waals surface area contributed by atoms with Crippen LogP contribution in [-0.4, -0.2) is 78.2 Å². The number of hydrogen-bond acceptors (Lipinski definition) is 5. The summed E-state index contributed by atoms with van der Waals surface area (Å²) in [6.07, 6.45) is -0.0789. The van der Waals surface area contributed by atoms with Crippen LogP contribution in [0, 0.1) is 0 Å². The number of amides is 2. The van der Waals surface area contributed by atoms with Crippen LogP contribution in [0.1, 0.15) is 43.2 Å². The Morgan fingerprint density at radius 3 is 2.31 bits per heavy atom. The third-order valence-electron chi connectivity index (χ3n) is 7.17. The van der Waals surface area contributed by atoms with Crippen molar-refractivity contribution in [1.82, 2.24) is 15.1 Å². The van der Waals surface area contributed by atoms with Crippen molar-refractivity contribution in [2.45, 2.75) is 44.2 Å². The van der Waals surface area contributed by atoms with Gasteiger partial charge in [-0.15, -0.1) is 0 Å². The first-order valence-corrected chi connectivity index (χ1v) is 12.2. The van der Waals surface area contributed by atoms with E-state index in [1.807, 2.05) is 36.4 Å².